The molecular formula is C11H21NO. The van der Waals surface area contributed by atoms with Crippen molar-refractivity contribution in [1.29, 1.82) is 0 Å². The first-order valence-electron chi connectivity index (χ1n) is 5.60. The molecule has 2 rings (SSSR count). The number of likely N-dealkylation sites (tertiary alicyclic amines) is 1. The number of aliphatic hydroxyl groups excluding tert-OH is 1. The highest BCUT2D eigenvalue weighted by Crippen LogP contribution is 2.39. The Bertz CT molecular complexity index is 167. The van der Waals surface area contributed by atoms with Crippen LogP contribution in [0.1, 0.15) is 25.7 Å². The van der Waals surface area contributed by atoms with Crippen molar-refractivity contribution in [2.45, 2.75) is 25.7 Å². The van der Waals surface area contributed by atoms with Crippen molar-refractivity contribution >= 4 is 0 Å². The summed E-state index contributed by atoms with van der Waals surface area (Å²) in [6.07, 6.45) is 5.43. The second-order valence-electron chi connectivity index (χ2n) is 4.85. The van der Waals surface area contributed by atoms with Crippen LogP contribution in [0.15, 0.2) is 0 Å². The third-order valence-corrected chi connectivity index (χ3v) is 4.00. The third kappa shape index (κ3) is 1.89. The van der Waals surface area contributed by atoms with E-state index in [2.05, 4.69) is 11.9 Å². The smallest absolute Gasteiger partial charge is 0.0465 e. The number of rotatable bonds is 3. The van der Waals surface area contributed by atoms with Gasteiger partial charge in [-0.1, -0.05) is 19.3 Å². The molecule has 1 aliphatic heterocycles. The van der Waals surface area contributed by atoms with Crippen molar-refractivity contribution in [2.24, 2.45) is 17.8 Å². The molecule has 0 amide bonds. The molecule has 1 heterocycles. The lowest BCUT2D eigenvalue weighted by Crippen LogP contribution is -2.32. The van der Waals surface area contributed by atoms with Crippen molar-refractivity contribution in [2.75, 3.05) is 26.7 Å². The fourth-order valence-electron chi connectivity index (χ4n) is 2.87. The van der Waals surface area contributed by atoms with Gasteiger partial charge in [-0.15, -0.1) is 0 Å². The molecule has 76 valence electrons. The Morgan fingerprint density at radius 2 is 2.08 bits per heavy atom. The van der Waals surface area contributed by atoms with E-state index in [9.17, 15) is 5.11 Å². The molecule has 2 aliphatic rings. The van der Waals surface area contributed by atoms with E-state index in [1.165, 1.54) is 38.8 Å². The molecule has 1 saturated carbocycles. The van der Waals surface area contributed by atoms with Gasteiger partial charge in [0, 0.05) is 13.2 Å². The Morgan fingerprint density at radius 1 is 1.31 bits per heavy atom. The lowest BCUT2D eigenvalue weighted by molar-refractivity contribution is 0.0794. The lowest BCUT2D eigenvalue weighted by atomic mass is 9.70. The Hall–Kier alpha value is -0.0800. The van der Waals surface area contributed by atoms with Crippen molar-refractivity contribution in [3.63, 3.8) is 0 Å². The fraction of sp³-hybridized carbons (Fsp3) is 1.00. The minimum Gasteiger partial charge on any atom is -0.396 e. The maximum absolute atomic E-state index is 9.39. The molecule has 0 aromatic rings. The van der Waals surface area contributed by atoms with Crippen molar-refractivity contribution in [3.05, 3.63) is 0 Å². The first-order valence-corrected chi connectivity index (χ1v) is 5.60. The summed E-state index contributed by atoms with van der Waals surface area (Å²) in [4.78, 5) is 2.39. The van der Waals surface area contributed by atoms with Gasteiger partial charge in [-0.3, -0.25) is 0 Å². The van der Waals surface area contributed by atoms with E-state index in [1.807, 2.05) is 0 Å². The van der Waals surface area contributed by atoms with E-state index < -0.39 is 0 Å². The minimum absolute atomic E-state index is 0.420. The van der Waals surface area contributed by atoms with Crippen molar-refractivity contribution in [3.8, 4) is 0 Å². The van der Waals surface area contributed by atoms with Gasteiger partial charge in [0.15, 0.2) is 0 Å². The van der Waals surface area contributed by atoms with Gasteiger partial charge in [0.1, 0.15) is 0 Å². The van der Waals surface area contributed by atoms with Crippen molar-refractivity contribution in [1.82, 2.24) is 4.90 Å². The molecule has 2 atom stereocenters. The van der Waals surface area contributed by atoms with Gasteiger partial charge in [0.2, 0.25) is 0 Å². The van der Waals surface area contributed by atoms with Gasteiger partial charge >= 0.3 is 0 Å². The predicted octanol–water partition coefficient (Wildman–Crippen LogP) is 1.35. The summed E-state index contributed by atoms with van der Waals surface area (Å²) in [6, 6.07) is 0. The second-order valence-corrected chi connectivity index (χ2v) is 4.85. The first kappa shape index (κ1) is 9.47. The summed E-state index contributed by atoms with van der Waals surface area (Å²) < 4.78 is 0. The van der Waals surface area contributed by atoms with E-state index in [0.29, 0.717) is 12.5 Å². The highest BCUT2D eigenvalue weighted by molar-refractivity contribution is 4.86. The fourth-order valence-corrected chi connectivity index (χ4v) is 2.87. The van der Waals surface area contributed by atoms with Gasteiger partial charge < -0.3 is 10.0 Å². The molecule has 2 unspecified atom stereocenters. The first-order chi connectivity index (χ1) is 6.31. The quantitative estimate of drug-likeness (QED) is 0.714. The van der Waals surface area contributed by atoms with Crippen LogP contribution in [0.2, 0.25) is 0 Å². The summed E-state index contributed by atoms with van der Waals surface area (Å²) >= 11 is 0. The Morgan fingerprint density at radius 3 is 2.46 bits per heavy atom. The topological polar surface area (TPSA) is 23.5 Å². The zero-order valence-electron chi connectivity index (χ0n) is 8.58. The molecule has 2 heteroatoms. The van der Waals surface area contributed by atoms with Crippen LogP contribution >= 0.6 is 0 Å². The van der Waals surface area contributed by atoms with Gasteiger partial charge in [0.05, 0.1) is 0 Å². The molecule has 1 N–H and O–H groups in total. The molecule has 0 bridgehead atoms. The summed E-state index contributed by atoms with van der Waals surface area (Å²) in [6.45, 7) is 2.86. The summed E-state index contributed by atoms with van der Waals surface area (Å²) in [5, 5.41) is 9.39. The maximum Gasteiger partial charge on any atom is 0.0465 e. The lowest BCUT2D eigenvalue weighted by Gasteiger charge is -2.36. The summed E-state index contributed by atoms with van der Waals surface area (Å²) in [7, 11) is 2.19. The van der Waals surface area contributed by atoms with Crippen LogP contribution in [-0.4, -0.2) is 36.8 Å². The third-order valence-electron chi connectivity index (χ3n) is 4.00. The molecule has 2 fully saturated rings. The zero-order chi connectivity index (χ0) is 9.26. The molecular weight excluding hydrogens is 162 g/mol. The van der Waals surface area contributed by atoms with Crippen LogP contribution < -0.4 is 0 Å². The van der Waals surface area contributed by atoms with Gasteiger partial charge in [-0.25, -0.2) is 0 Å². The molecule has 2 nitrogen and oxygen atoms in total. The number of nitrogens with zero attached hydrogens (tertiary/aromatic N) is 1. The summed E-state index contributed by atoms with van der Waals surface area (Å²) in [5.74, 6) is 2.24. The molecule has 0 aromatic heterocycles. The minimum atomic E-state index is 0.420. The van der Waals surface area contributed by atoms with E-state index in [4.69, 9.17) is 0 Å². The van der Waals surface area contributed by atoms with E-state index in [1.54, 1.807) is 0 Å². The zero-order valence-corrected chi connectivity index (χ0v) is 8.58. The van der Waals surface area contributed by atoms with E-state index in [0.717, 1.165) is 11.8 Å². The SMILES string of the molecule is CN1CCC(C(CO)C2CCC2)C1. The molecule has 1 aliphatic carbocycles. The summed E-state index contributed by atoms with van der Waals surface area (Å²) in [5.41, 5.74) is 0. The van der Waals surface area contributed by atoms with Crippen LogP contribution in [0, 0.1) is 17.8 Å². The van der Waals surface area contributed by atoms with Gasteiger partial charge in [-0.2, -0.15) is 0 Å². The van der Waals surface area contributed by atoms with Gasteiger partial charge in [0.25, 0.3) is 0 Å². The standard InChI is InChI=1S/C11H21NO/c1-12-6-5-10(7-12)11(8-13)9-3-2-4-9/h9-11,13H,2-8H2,1H3. The number of hydrogen-bond acceptors (Lipinski definition) is 2. The normalized spacial score (nSPS) is 33.2. The van der Waals surface area contributed by atoms with E-state index >= 15 is 0 Å². The average Bonchev–Trinajstić information content (AvgIpc) is 2.43. The van der Waals surface area contributed by atoms with Crippen molar-refractivity contribution < 1.29 is 5.11 Å². The highest BCUT2D eigenvalue weighted by Gasteiger charge is 2.35. The van der Waals surface area contributed by atoms with Crippen LogP contribution in [0.25, 0.3) is 0 Å². The number of aliphatic hydroxyl groups is 1. The number of hydrogen-bond donors (Lipinski definition) is 1. The average molecular weight is 183 g/mol. The Labute approximate surface area is 80.9 Å². The second kappa shape index (κ2) is 3.97. The highest BCUT2D eigenvalue weighted by atomic mass is 16.3. The molecule has 0 spiro atoms. The monoisotopic (exact) mass is 183 g/mol. The molecule has 13 heavy (non-hydrogen) atoms. The Kier molecular flexibility index (Phi) is 2.89. The molecule has 0 radical (unpaired) electrons. The van der Waals surface area contributed by atoms with Gasteiger partial charge in [-0.05, 0) is 37.8 Å². The molecule has 1 saturated heterocycles. The van der Waals surface area contributed by atoms with E-state index in [-0.39, 0.29) is 0 Å². The van der Waals surface area contributed by atoms with Crippen LogP contribution in [-0.2, 0) is 0 Å². The Balaban J connectivity index is 1.88. The largest absolute Gasteiger partial charge is 0.396 e. The predicted molar refractivity (Wildman–Crippen MR) is 53.5 cm³/mol. The van der Waals surface area contributed by atoms with Crippen LogP contribution in [0.5, 0.6) is 0 Å². The van der Waals surface area contributed by atoms with Crippen LogP contribution in [0.4, 0.5) is 0 Å². The maximum atomic E-state index is 9.39. The molecule has 0 aromatic carbocycles. The van der Waals surface area contributed by atoms with Crippen LogP contribution in [0.3, 0.4) is 0 Å².